The van der Waals surface area contributed by atoms with Crippen LogP contribution in [-0.2, 0) is 12.8 Å². The minimum atomic E-state index is 0.487. The largest absolute Gasteiger partial charge is 0.477 e. The Balaban J connectivity index is 1.99. The summed E-state index contributed by atoms with van der Waals surface area (Å²) in [5, 5.41) is 0.487. The van der Waals surface area contributed by atoms with E-state index in [0.29, 0.717) is 17.6 Å². The van der Waals surface area contributed by atoms with E-state index in [9.17, 15) is 0 Å². The molecule has 6 heteroatoms. The van der Waals surface area contributed by atoms with Crippen LogP contribution in [0.5, 0.6) is 5.88 Å². The molecule has 19 heavy (non-hydrogen) atoms. The van der Waals surface area contributed by atoms with E-state index in [1.807, 2.05) is 12.4 Å². The van der Waals surface area contributed by atoms with Crippen molar-refractivity contribution in [2.75, 3.05) is 6.61 Å². The van der Waals surface area contributed by atoms with E-state index >= 15 is 0 Å². The Morgan fingerprint density at radius 2 is 2.11 bits per heavy atom. The molecule has 0 aromatic carbocycles. The highest BCUT2D eigenvalue weighted by molar-refractivity contribution is 7.09. The zero-order valence-electron chi connectivity index (χ0n) is 11.0. The number of aryl methyl sites for hydroxylation is 1. The lowest BCUT2D eigenvalue weighted by Crippen LogP contribution is -2.06. The van der Waals surface area contributed by atoms with Crippen LogP contribution in [0.3, 0.4) is 0 Å². The second-order valence-corrected chi connectivity index (χ2v) is 5.45. The Labute approximate surface area is 121 Å². The third-order valence-electron chi connectivity index (χ3n) is 2.77. The highest BCUT2D eigenvalue weighted by atomic mass is 35.5. The molecule has 2 aromatic heterocycles. The van der Waals surface area contributed by atoms with Crippen LogP contribution < -0.4 is 4.74 Å². The first-order chi connectivity index (χ1) is 9.22. The number of hydrogen-bond acceptors (Lipinski definition) is 5. The van der Waals surface area contributed by atoms with Gasteiger partial charge in [0.2, 0.25) is 5.88 Å². The lowest BCUT2D eigenvalue weighted by molar-refractivity contribution is 0.305. The number of rotatable bonds is 6. The van der Waals surface area contributed by atoms with E-state index in [0.717, 1.165) is 30.5 Å². The maximum Gasteiger partial charge on any atom is 0.221 e. The van der Waals surface area contributed by atoms with Crippen LogP contribution in [0.15, 0.2) is 11.8 Å². The van der Waals surface area contributed by atoms with Gasteiger partial charge in [0.25, 0.3) is 0 Å². The number of ether oxygens (including phenoxy) is 1. The van der Waals surface area contributed by atoms with E-state index in [2.05, 4.69) is 21.9 Å². The van der Waals surface area contributed by atoms with Crippen LogP contribution in [0.4, 0.5) is 0 Å². The molecular weight excluding hydrogens is 282 g/mol. The number of hydrogen-bond donors (Lipinski definition) is 0. The van der Waals surface area contributed by atoms with Crippen molar-refractivity contribution in [1.82, 2.24) is 15.0 Å². The van der Waals surface area contributed by atoms with Crippen LogP contribution in [-0.4, -0.2) is 21.6 Å². The average Bonchev–Trinajstić information content (AvgIpc) is 2.79. The van der Waals surface area contributed by atoms with Gasteiger partial charge in [0.1, 0.15) is 11.5 Å². The van der Waals surface area contributed by atoms with Crippen LogP contribution in [0, 0.1) is 6.92 Å². The van der Waals surface area contributed by atoms with Crippen LogP contribution in [0.25, 0.3) is 0 Å². The van der Waals surface area contributed by atoms with Gasteiger partial charge in [0.15, 0.2) is 0 Å². The minimum absolute atomic E-state index is 0.487. The Morgan fingerprint density at radius 1 is 1.26 bits per heavy atom. The summed E-state index contributed by atoms with van der Waals surface area (Å²) in [5.74, 6) is 0.601. The van der Waals surface area contributed by atoms with E-state index in [-0.39, 0.29) is 0 Å². The molecule has 2 aromatic rings. The molecule has 0 aliphatic heterocycles. The number of thiazole rings is 1. The molecule has 0 bridgehead atoms. The fourth-order valence-corrected chi connectivity index (χ4v) is 2.75. The predicted molar refractivity (Wildman–Crippen MR) is 77.1 cm³/mol. The first-order valence-electron chi connectivity index (χ1n) is 6.23. The number of aromatic nitrogens is 3. The molecule has 4 nitrogen and oxygen atoms in total. The van der Waals surface area contributed by atoms with Crippen molar-refractivity contribution < 1.29 is 4.74 Å². The summed E-state index contributed by atoms with van der Waals surface area (Å²) < 4.78 is 5.74. The van der Waals surface area contributed by atoms with E-state index in [1.54, 1.807) is 11.3 Å². The maximum atomic E-state index is 6.07. The quantitative estimate of drug-likeness (QED) is 0.766. The van der Waals surface area contributed by atoms with Crippen molar-refractivity contribution in [3.63, 3.8) is 0 Å². The highest BCUT2D eigenvalue weighted by Crippen LogP contribution is 2.23. The normalized spacial score (nSPS) is 10.7. The summed E-state index contributed by atoms with van der Waals surface area (Å²) in [6, 6.07) is 0. The summed E-state index contributed by atoms with van der Waals surface area (Å²) in [6.45, 7) is 4.68. The predicted octanol–water partition coefficient (Wildman–Crippen LogP) is 3.47. The lowest BCUT2D eigenvalue weighted by Gasteiger charge is -2.10. The fraction of sp³-hybridized carbons (Fsp3) is 0.462. The summed E-state index contributed by atoms with van der Waals surface area (Å²) in [7, 11) is 0. The molecule has 0 radical (unpaired) electrons. The zero-order valence-corrected chi connectivity index (χ0v) is 12.6. The Hall–Kier alpha value is -1.20. The fourth-order valence-electron chi connectivity index (χ4n) is 1.77. The van der Waals surface area contributed by atoms with Crippen LogP contribution >= 0.6 is 22.9 Å². The number of halogens is 1. The van der Waals surface area contributed by atoms with Crippen molar-refractivity contribution in [1.29, 1.82) is 0 Å². The van der Waals surface area contributed by atoms with Gasteiger partial charge in [0, 0.05) is 11.3 Å². The van der Waals surface area contributed by atoms with Gasteiger partial charge < -0.3 is 4.74 Å². The summed E-state index contributed by atoms with van der Waals surface area (Å²) in [6.07, 6.45) is 4.09. The maximum absolute atomic E-state index is 6.07. The van der Waals surface area contributed by atoms with Gasteiger partial charge >= 0.3 is 0 Å². The zero-order chi connectivity index (χ0) is 13.7. The van der Waals surface area contributed by atoms with Gasteiger partial charge in [-0.3, -0.25) is 0 Å². The Bertz CT molecular complexity index is 544. The van der Waals surface area contributed by atoms with Crippen molar-refractivity contribution in [2.24, 2.45) is 0 Å². The molecule has 0 unspecified atom stereocenters. The molecule has 0 fully saturated rings. The Kier molecular flexibility index (Phi) is 5.10. The van der Waals surface area contributed by atoms with Crippen molar-refractivity contribution in [3.05, 3.63) is 33.1 Å². The van der Waals surface area contributed by atoms with E-state index < -0.39 is 0 Å². The summed E-state index contributed by atoms with van der Waals surface area (Å²) in [5.41, 5.74) is 3.82. The molecular formula is C13H16ClN3OS. The van der Waals surface area contributed by atoms with Gasteiger partial charge in [-0.1, -0.05) is 24.9 Å². The first-order valence-corrected chi connectivity index (χ1v) is 7.49. The van der Waals surface area contributed by atoms with Gasteiger partial charge in [-0.25, -0.2) is 15.0 Å². The first kappa shape index (κ1) is 14.2. The molecule has 0 spiro atoms. The van der Waals surface area contributed by atoms with Crippen LogP contribution in [0.2, 0.25) is 5.15 Å². The molecule has 0 N–H and O–H groups in total. The van der Waals surface area contributed by atoms with Gasteiger partial charge in [-0.15, -0.1) is 11.3 Å². The highest BCUT2D eigenvalue weighted by Gasteiger charge is 2.10. The van der Waals surface area contributed by atoms with Crippen molar-refractivity contribution in [2.45, 2.75) is 33.1 Å². The lowest BCUT2D eigenvalue weighted by atomic mass is 10.2. The molecule has 0 aliphatic rings. The van der Waals surface area contributed by atoms with Crippen molar-refractivity contribution >= 4 is 22.9 Å². The summed E-state index contributed by atoms with van der Waals surface area (Å²) in [4.78, 5) is 13.6. The molecule has 2 heterocycles. The monoisotopic (exact) mass is 297 g/mol. The molecule has 0 saturated heterocycles. The van der Waals surface area contributed by atoms with E-state index in [4.69, 9.17) is 16.3 Å². The SMILES string of the molecule is CCCc1c(Cl)ncnc1OCCc1scnc1C. The molecule has 0 amide bonds. The van der Waals surface area contributed by atoms with E-state index in [1.165, 1.54) is 11.2 Å². The molecule has 0 saturated carbocycles. The third kappa shape index (κ3) is 3.64. The summed E-state index contributed by atoms with van der Waals surface area (Å²) >= 11 is 7.73. The molecule has 0 aliphatic carbocycles. The minimum Gasteiger partial charge on any atom is -0.477 e. The third-order valence-corrected chi connectivity index (χ3v) is 4.09. The molecule has 102 valence electrons. The molecule has 2 rings (SSSR count). The Morgan fingerprint density at radius 3 is 2.79 bits per heavy atom. The standard InChI is InChI=1S/C13H16ClN3OS/c1-3-4-10-12(14)15-7-16-13(10)18-6-5-11-9(2)17-8-19-11/h7-8H,3-6H2,1-2H3. The van der Waals surface area contributed by atoms with Gasteiger partial charge in [-0.2, -0.15) is 0 Å². The second kappa shape index (κ2) is 6.82. The van der Waals surface area contributed by atoms with Gasteiger partial charge in [-0.05, 0) is 13.3 Å². The molecule has 0 atom stereocenters. The number of nitrogens with zero attached hydrogens (tertiary/aromatic N) is 3. The average molecular weight is 298 g/mol. The second-order valence-electron chi connectivity index (χ2n) is 4.16. The van der Waals surface area contributed by atoms with Gasteiger partial charge in [0.05, 0.1) is 23.4 Å². The smallest absolute Gasteiger partial charge is 0.221 e. The van der Waals surface area contributed by atoms with Crippen molar-refractivity contribution in [3.8, 4) is 5.88 Å². The van der Waals surface area contributed by atoms with Crippen LogP contribution in [0.1, 0.15) is 29.5 Å². The topological polar surface area (TPSA) is 47.9 Å².